The van der Waals surface area contributed by atoms with Gasteiger partial charge in [0.1, 0.15) is 5.75 Å². The van der Waals surface area contributed by atoms with Crippen molar-refractivity contribution in [1.82, 2.24) is 4.72 Å². The topological polar surface area (TPSA) is 53.6 Å². The number of amides is 2. The maximum absolute atomic E-state index is 12.9. The van der Waals surface area contributed by atoms with Gasteiger partial charge in [-0.05, 0) is 59.9 Å². The molecule has 29 heavy (non-hydrogen) atoms. The van der Waals surface area contributed by atoms with Crippen molar-refractivity contribution in [3.05, 3.63) is 65.0 Å². The molecular formula is C19H17ClF3N3O2S. The van der Waals surface area contributed by atoms with E-state index in [1.165, 1.54) is 24.1 Å². The van der Waals surface area contributed by atoms with Crippen LogP contribution in [0, 0.1) is 0 Å². The summed E-state index contributed by atoms with van der Waals surface area (Å²) in [5.41, 5.74) is 1.98. The molecule has 1 heterocycles. The highest BCUT2D eigenvalue weighted by Crippen LogP contribution is 2.31. The molecule has 154 valence electrons. The summed E-state index contributed by atoms with van der Waals surface area (Å²) in [7, 11) is 0. The van der Waals surface area contributed by atoms with Gasteiger partial charge in [-0.2, -0.15) is 0 Å². The first-order chi connectivity index (χ1) is 13.7. The molecule has 0 bridgehead atoms. The number of carbonyl (C=O) groups excluding carboxylic acids is 1. The largest absolute Gasteiger partial charge is 0.573 e. The van der Waals surface area contributed by atoms with Crippen LogP contribution in [0.1, 0.15) is 5.56 Å². The van der Waals surface area contributed by atoms with E-state index in [2.05, 4.69) is 21.4 Å². The second kappa shape index (κ2) is 8.98. The van der Waals surface area contributed by atoms with Gasteiger partial charge >= 0.3 is 12.4 Å². The van der Waals surface area contributed by atoms with Crippen LogP contribution in [0.2, 0.25) is 5.02 Å². The van der Waals surface area contributed by atoms with Crippen molar-refractivity contribution in [3.8, 4) is 5.75 Å². The van der Waals surface area contributed by atoms with Crippen LogP contribution in [0.25, 0.3) is 0 Å². The predicted octanol–water partition coefficient (Wildman–Crippen LogP) is 5.58. The van der Waals surface area contributed by atoms with Crippen LogP contribution in [0.15, 0.2) is 54.5 Å². The van der Waals surface area contributed by atoms with Crippen molar-refractivity contribution in [2.24, 2.45) is 0 Å². The third-order valence-corrected chi connectivity index (χ3v) is 4.98. The molecular weight excluding hydrogens is 427 g/mol. The van der Waals surface area contributed by atoms with E-state index in [4.69, 9.17) is 11.6 Å². The molecule has 2 aromatic rings. The number of carbonyl (C=O) groups is 1. The van der Waals surface area contributed by atoms with Crippen molar-refractivity contribution < 1.29 is 22.7 Å². The molecule has 1 aliphatic rings. The van der Waals surface area contributed by atoms with Crippen molar-refractivity contribution in [2.75, 3.05) is 16.8 Å². The molecule has 0 radical (unpaired) electrons. The lowest BCUT2D eigenvalue weighted by Gasteiger charge is -2.34. The molecule has 0 aromatic heterocycles. The molecule has 0 saturated carbocycles. The first kappa shape index (κ1) is 21.4. The molecule has 1 unspecified atom stereocenters. The highest BCUT2D eigenvalue weighted by atomic mass is 35.5. The fourth-order valence-electron chi connectivity index (χ4n) is 2.98. The summed E-state index contributed by atoms with van der Waals surface area (Å²) >= 11 is 7.43. The molecule has 10 heteroatoms. The molecule has 0 fully saturated rings. The Balaban J connectivity index is 1.76. The van der Waals surface area contributed by atoms with E-state index < -0.39 is 12.4 Å². The van der Waals surface area contributed by atoms with Gasteiger partial charge in [0.25, 0.3) is 0 Å². The number of anilines is 2. The van der Waals surface area contributed by atoms with Crippen LogP contribution in [0.3, 0.4) is 0 Å². The predicted molar refractivity (Wildman–Crippen MR) is 109 cm³/mol. The van der Waals surface area contributed by atoms with Crippen molar-refractivity contribution in [2.45, 2.75) is 18.8 Å². The third-order valence-electron chi connectivity index (χ3n) is 4.10. The zero-order chi connectivity index (χ0) is 21.0. The van der Waals surface area contributed by atoms with Crippen molar-refractivity contribution in [1.29, 1.82) is 0 Å². The Bertz CT molecular complexity index is 893. The molecule has 3 rings (SSSR count). The normalized spacial score (nSPS) is 16.1. The Morgan fingerprint density at radius 1 is 1.28 bits per heavy atom. The molecule has 5 nitrogen and oxygen atoms in total. The lowest BCUT2D eigenvalue weighted by atomic mass is 9.99. The SMILES string of the molecule is C=CSNC1Cc2cc(Cl)ccc2N(C(=O)Nc2ccc(OC(F)(F)F)cc2)C1. The van der Waals surface area contributed by atoms with E-state index in [1.807, 2.05) is 6.07 Å². The van der Waals surface area contributed by atoms with Gasteiger partial charge in [0, 0.05) is 29.0 Å². The fraction of sp³-hybridized carbons (Fsp3) is 0.211. The van der Waals surface area contributed by atoms with Gasteiger partial charge in [-0.1, -0.05) is 30.1 Å². The summed E-state index contributed by atoms with van der Waals surface area (Å²) in [6, 6.07) is 9.81. The Morgan fingerprint density at radius 3 is 2.66 bits per heavy atom. The number of benzene rings is 2. The first-order valence-corrected chi connectivity index (χ1v) is 9.76. The van der Waals surface area contributed by atoms with Gasteiger partial charge in [-0.25, -0.2) is 4.79 Å². The Morgan fingerprint density at radius 2 is 2.00 bits per heavy atom. The number of rotatable bonds is 5. The summed E-state index contributed by atoms with van der Waals surface area (Å²) in [4.78, 5) is 14.4. The average Bonchev–Trinajstić information content (AvgIpc) is 2.65. The molecule has 2 amide bonds. The van der Waals surface area contributed by atoms with Gasteiger partial charge in [0.15, 0.2) is 0 Å². The van der Waals surface area contributed by atoms with E-state index in [0.717, 1.165) is 23.4 Å². The highest BCUT2D eigenvalue weighted by Gasteiger charge is 2.31. The van der Waals surface area contributed by atoms with E-state index >= 15 is 0 Å². The van der Waals surface area contributed by atoms with Gasteiger partial charge in [-0.15, -0.1) is 13.2 Å². The van der Waals surface area contributed by atoms with Crippen LogP contribution >= 0.6 is 23.5 Å². The number of urea groups is 1. The van der Waals surface area contributed by atoms with Gasteiger partial charge in [-0.3, -0.25) is 9.62 Å². The second-order valence-corrected chi connectivity index (χ2v) is 7.43. The molecule has 1 atom stereocenters. The smallest absolute Gasteiger partial charge is 0.406 e. The maximum atomic E-state index is 12.9. The van der Waals surface area contributed by atoms with E-state index in [-0.39, 0.29) is 11.8 Å². The zero-order valence-corrected chi connectivity index (χ0v) is 16.6. The minimum Gasteiger partial charge on any atom is -0.406 e. The van der Waals surface area contributed by atoms with E-state index in [9.17, 15) is 18.0 Å². The molecule has 2 aromatic carbocycles. The van der Waals surface area contributed by atoms with Gasteiger partial charge in [0.2, 0.25) is 0 Å². The van der Waals surface area contributed by atoms with Crippen molar-refractivity contribution in [3.63, 3.8) is 0 Å². The van der Waals surface area contributed by atoms with Crippen LogP contribution < -0.4 is 19.7 Å². The summed E-state index contributed by atoms with van der Waals surface area (Å²) in [6.45, 7) is 4.05. The number of nitrogens with one attached hydrogen (secondary N) is 2. The Hall–Kier alpha value is -2.36. The number of nitrogens with zero attached hydrogens (tertiary/aromatic N) is 1. The minimum atomic E-state index is -4.77. The number of halogens is 4. The quantitative estimate of drug-likeness (QED) is 0.592. The number of fused-ring (bicyclic) bond motifs is 1. The van der Waals surface area contributed by atoms with E-state index in [1.54, 1.807) is 22.4 Å². The van der Waals surface area contributed by atoms with Crippen LogP contribution in [0.4, 0.5) is 29.3 Å². The fourth-order valence-corrected chi connectivity index (χ4v) is 3.62. The Labute approximate surface area is 175 Å². The molecule has 1 aliphatic heterocycles. The monoisotopic (exact) mass is 443 g/mol. The summed E-state index contributed by atoms with van der Waals surface area (Å²) in [5.74, 6) is -0.362. The lowest BCUT2D eigenvalue weighted by Crippen LogP contribution is -2.48. The summed E-state index contributed by atoms with van der Waals surface area (Å²) in [6.07, 6.45) is -4.08. The maximum Gasteiger partial charge on any atom is 0.573 e. The number of alkyl halides is 3. The first-order valence-electron chi connectivity index (χ1n) is 8.50. The number of ether oxygens (including phenoxy) is 1. The van der Waals surface area contributed by atoms with Crippen LogP contribution in [-0.4, -0.2) is 25.0 Å². The molecule has 0 aliphatic carbocycles. The summed E-state index contributed by atoms with van der Waals surface area (Å²) in [5, 5.41) is 4.92. The standard InChI is InChI=1S/C19H17ClF3N3O2S/c1-2-29-25-15-10-12-9-13(20)3-8-17(12)26(11-15)18(27)24-14-4-6-16(7-5-14)28-19(21,22)23/h2-9,15,25H,1,10-11H2,(H,24,27). The molecule has 2 N–H and O–H groups in total. The molecule has 0 saturated heterocycles. The van der Waals surface area contributed by atoms with Crippen molar-refractivity contribution >= 4 is 41.0 Å². The molecule has 0 spiro atoms. The van der Waals surface area contributed by atoms with Crippen LogP contribution in [-0.2, 0) is 6.42 Å². The minimum absolute atomic E-state index is 0.0303. The Kier molecular flexibility index (Phi) is 6.61. The average molecular weight is 444 g/mol. The third kappa shape index (κ3) is 5.81. The highest BCUT2D eigenvalue weighted by molar-refractivity contribution is 8.00. The van der Waals surface area contributed by atoms with Gasteiger partial charge in [0.05, 0.1) is 0 Å². The van der Waals surface area contributed by atoms with E-state index in [0.29, 0.717) is 23.7 Å². The number of hydrogen-bond donors (Lipinski definition) is 2. The zero-order valence-electron chi connectivity index (χ0n) is 15.0. The number of hydrogen-bond acceptors (Lipinski definition) is 4. The summed E-state index contributed by atoms with van der Waals surface area (Å²) < 4.78 is 43.9. The second-order valence-electron chi connectivity index (χ2n) is 6.19. The lowest BCUT2D eigenvalue weighted by molar-refractivity contribution is -0.274. The van der Waals surface area contributed by atoms with Gasteiger partial charge < -0.3 is 10.1 Å². The van der Waals surface area contributed by atoms with Crippen LogP contribution in [0.5, 0.6) is 5.75 Å².